The summed E-state index contributed by atoms with van der Waals surface area (Å²) in [6.07, 6.45) is 3.83. The van der Waals surface area contributed by atoms with E-state index in [4.69, 9.17) is 28.4 Å². The van der Waals surface area contributed by atoms with Crippen LogP contribution in [0.3, 0.4) is 0 Å². The number of esters is 1. The molecule has 1 amide bonds. The first-order valence-corrected chi connectivity index (χ1v) is 12.0. The highest BCUT2D eigenvalue weighted by molar-refractivity contribution is 5.96. The molecule has 1 saturated carbocycles. The van der Waals surface area contributed by atoms with Crippen LogP contribution in [0.5, 0.6) is 28.7 Å². The Morgan fingerprint density at radius 1 is 0.886 bits per heavy atom. The van der Waals surface area contributed by atoms with Crippen molar-refractivity contribution >= 4 is 17.6 Å². The van der Waals surface area contributed by atoms with E-state index in [2.05, 4.69) is 5.32 Å². The van der Waals surface area contributed by atoms with Gasteiger partial charge in [0.15, 0.2) is 29.6 Å². The van der Waals surface area contributed by atoms with Crippen molar-refractivity contribution < 1.29 is 38.0 Å². The molecule has 1 fully saturated rings. The topological polar surface area (TPSA) is 102 Å². The first-order chi connectivity index (χ1) is 17.0. The molecular weight excluding hydrogens is 454 g/mol. The Morgan fingerprint density at radius 2 is 1.51 bits per heavy atom. The van der Waals surface area contributed by atoms with Crippen LogP contribution in [-0.4, -0.2) is 44.1 Å². The molecule has 1 aliphatic heterocycles. The van der Waals surface area contributed by atoms with Crippen molar-refractivity contribution in [3.8, 4) is 28.7 Å². The van der Waals surface area contributed by atoms with Crippen LogP contribution < -0.4 is 29.0 Å². The molecule has 1 heterocycles. The second kappa shape index (κ2) is 10.8. The minimum atomic E-state index is -0.682. The van der Waals surface area contributed by atoms with Crippen LogP contribution in [0.2, 0.25) is 0 Å². The van der Waals surface area contributed by atoms with Crippen molar-refractivity contribution in [2.24, 2.45) is 0 Å². The Labute approximate surface area is 204 Å². The number of amides is 1. The predicted octanol–water partition coefficient (Wildman–Crippen LogP) is 4.72. The van der Waals surface area contributed by atoms with E-state index in [0.717, 1.165) is 25.7 Å². The second-order valence-corrected chi connectivity index (χ2v) is 8.21. The third-order valence-electron chi connectivity index (χ3n) is 5.66. The molecule has 2 aliphatic rings. The average Bonchev–Trinajstić information content (AvgIpc) is 3.44. The average molecular weight is 486 g/mol. The molecule has 1 aliphatic carbocycles. The summed E-state index contributed by atoms with van der Waals surface area (Å²) in [6.45, 7) is 6.21. The van der Waals surface area contributed by atoms with Crippen molar-refractivity contribution in [1.29, 1.82) is 0 Å². The highest BCUT2D eigenvalue weighted by Crippen LogP contribution is 2.47. The van der Waals surface area contributed by atoms with Gasteiger partial charge in [-0.2, -0.15) is 0 Å². The molecule has 1 spiro atoms. The van der Waals surface area contributed by atoms with Crippen molar-refractivity contribution in [2.45, 2.75) is 52.2 Å². The molecule has 35 heavy (non-hydrogen) atoms. The molecule has 0 aromatic heterocycles. The van der Waals surface area contributed by atoms with Gasteiger partial charge in [-0.1, -0.05) is 0 Å². The molecule has 0 bridgehead atoms. The molecule has 4 rings (SSSR count). The van der Waals surface area contributed by atoms with Crippen LogP contribution in [-0.2, 0) is 9.53 Å². The van der Waals surface area contributed by atoms with Gasteiger partial charge >= 0.3 is 5.97 Å². The Hall–Kier alpha value is -3.62. The summed E-state index contributed by atoms with van der Waals surface area (Å²) in [5, 5.41) is 2.73. The molecule has 0 unspecified atom stereocenters. The maximum atomic E-state index is 12.7. The number of hydrogen-bond acceptors (Lipinski definition) is 8. The lowest BCUT2D eigenvalue weighted by Crippen LogP contribution is -2.34. The van der Waals surface area contributed by atoms with Crippen LogP contribution in [0.25, 0.3) is 0 Å². The quantitative estimate of drug-likeness (QED) is 0.483. The van der Waals surface area contributed by atoms with Gasteiger partial charge in [0.2, 0.25) is 5.75 Å². The van der Waals surface area contributed by atoms with Crippen LogP contribution in [0, 0.1) is 0 Å². The number of carbonyl (C=O) groups is 2. The lowest BCUT2D eigenvalue weighted by atomic mass is 10.2. The molecule has 2 aromatic rings. The molecule has 0 radical (unpaired) electrons. The standard InChI is InChI=1S/C26H31NO8/c1-4-30-21-13-17(14-22(31-5-2)24(21)32-6-3)25(29)33-16-23(28)27-18-9-10-19-20(15-18)35-26(34-19)11-7-8-12-26/h9-10,13-15H,4-8,11-12,16H2,1-3H3,(H,27,28). The van der Waals surface area contributed by atoms with E-state index >= 15 is 0 Å². The number of benzene rings is 2. The van der Waals surface area contributed by atoms with Gasteiger partial charge in [0.25, 0.3) is 11.7 Å². The molecule has 9 nitrogen and oxygen atoms in total. The zero-order valence-electron chi connectivity index (χ0n) is 20.3. The first-order valence-electron chi connectivity index (χ1n) is 12.0. The SMILES string of the molecule is CCOc1cc(C(=O)OCC(=O)Nc2ccc3c(c2)OC2(CCCC2)O3)cc(OCC)c1OCC. The number of nitrogens with one attached hydrogen (secondary N) is 1. The molecule has 0 saturated heterocycles. The summed E-state index contributed by atoms with van der Waals surface area (Å²) >= 11 is 0. The normalized spacial score (nSPS) is 15.1. The van der Waals surface area contributed by atoms with Crippen molar-refractivity contribution in [1.82, 2.24) is 0 Å². The van der Waals surface area contributed by atoms with Crippen molar-refractivity contribution in [3.05, 3.63) is 35.9 Å². The summed E-state index contributed by atoms with van der Waals surface area (Å²) in [5.74, 6) is 0.707. The molecule has 9 heteroatoms. The van der Waals surface area contributed by atoms with Gasteiger partial charge in [-0.3, -0.25) is 4.79 Å². The molecule has 0 atom stereocenters. The predicted molar refractivity (Wildman–Crippen MR) is 128 cm³/mol. The van der Waals surface area contributed by atoms with Gasteiger partial charge in [0.1, 0.15) is 0 Å². The van der Waals surface area contributed by atoms with Crippen LogP contribution >= 0.6 is 0 Å². The molecular formula is C26H31NO8. The summed E-state index contributed by atoms with van der Waals surface area (Å²) in [7, 11) is 0. The van der Waals surface area contributed by atoms with Crippen LogP contribution in [0.1, 0.15) is 56.8 Å². The Kier molecular flexibility index (Phi) is 7.53. The largest absolute Gasteiger partial charge is 0.490 e. The number of ether oxygens (including phenoxy) is 6. The van der Waals surface area contributed by atoms with Gasteiger partial charge in [-0.15, -0.1) is 0 Å². The Morgan fingerprint density at radius 3 is 2.14 bits per heavy atom. The fraction of sp³-hybridized carbons (Fsp3) is 0.462. The number of carbonyl (C=O) groups excluding carboxylic acids is 2. The van der Waals surface area contributed by atoms with Crippen molar-refractivity contribution in [3.63, 3.8) is 0 Å². The molecule has 188 valence electrons. The Balaban J connectivity index is 1.38. The summed E-state index contributed by atoms with van der Waals surface area (Å²) < 4.78 is 34.2. The highest BCUT2D eigenvalue weighted by atomic mass is 16.7. The fourth-order valence-corrected chi connectivity index (χ4v) is 4.21. The smallest absolute Gasteiger partial charge is 0.338 e. The van der Waals surface area contributed by atoms with E-state index in [1.807, 2.05) is 20.8 Å². The monoisotopic (exact) mass is 485 g/mol. The minimum absolute atomic E-state index is 0.193. The summed E-state index contributed by atoms with van der Waals surface area (Å²) in [6, 6.07) is 8.26. The molecule has 2 aromatic carbocycles. The zero-order chi connectivity index (χ0) is 24.8. The first kappa shape index (κ1) is 24.5. The third kappa shape index (κ3) is 5.55. The molecule has 1 N–H and O–H groups in total. The van der Waals surface area contributed by atoms with Gasteiger partial charge < -0.3 is 33.7 Å². The highest BCUT2D eigenvalue weighted by Gasteiger charge is 2.44. The van der Waals surface area contributed by atoms with E-state index in [1.54, 1.807) is 18.2 Å². The van der Waals surface area contributed by atoms with Crippen LogP contribution in [0.4, 0.5) is 5.69 Å². The van der Waals surface area contributed by atoms with E-state index in [-0.39, 0.29) is 5.56 Å². The third-order valence-corrected chi connectivity index (χ3v) is 5.66. The summed E-state index contributed by atoms with van der Waals surface area (Å²) in [5.41, 5.74) is 0.722. The lowest BCUT2D eigenvalue weighted by molar-refractivity contribution is -0.119. The van der Waals surface area contributed by atoms with Gasteiger partial charge in [0, 0.05) is 24.6 Å². The van der Waals surface area contributed by atoms with Crippen molar-refractivity contribution in [2.75, 3.05) is 31.7 Å². The number of anilines is 1. The number of fused-ring (bicyclic) bond motifs is 1. The second-order valence-electron chi connectivity index (χ2n) is 8.21. The maximum absolute atomic E-state index is 12.7. The number of hydrogen-bond donors (Lipinski definition) is 1. The zero-order valence-corrected chi connectivity index (χ0v) is 20.3. The van der Waals surface area contributed by atoms with Crippen LogP contribution in [0.15, 0.2) is 30.3 Å². The lowest BCUT2D eigenvalue weighted by Gasteiger charge is -2.21. The fourth-order valence-electron chi connectivity index (χ4n) is 4.21. The number of rotatable bonds is 10. The van der Waals surface area contributed by atoms with E-state index in [0.29, 0.717) is 54.3 Å². The van der Waals surface area contributed by atoms with Gasteiger partial charge in [-0.25, -0.2) is 4.79 Å². The van der Waals surface area contributed by atoms with Gasteiger partial charge in [0.05, 0.1) is 25.4 Å². The minimum Gasteiger partial charge on any atom is -0.490 e. The van der Waals surface area contributed by atoms with E-state index in [1.165, 1.54) is 12.1 Å². The van der Waals surface area contributed by atoms with E-state index in [9.17, 15) is 9.59 Å². The maximum Gasteiger partial charge on any atom is 0.338 e. The summed E-state index contributed by atoms with van der Waals surface area (Å²) in [4.78, 5) is 25.1. The Bertz CT molecular complexity index is 1050. The van der Waals surface area contributed by atoms with Gasteiger partial charge in [-0.05, 0) is 57.9 Å². The van der Waals surface area contributed by atoms with E-state index < -0.39 is 24.3 Å².